The molecule has 0 bridgehead atoms. The van der Waals surface area contributed by atoms with Gasteiger partial charge in [0.1, 0.15) is 0 Å². The van der Waals surface area contributed by atoms with Gasteiger partial charge in [-0.1, -0.05) is 33.3 Å². The van der Waals surface area contributed by atoms with Crippen molar-refractivity contribution in [1.29, 1.82) is 0 Å². The van der Waals surface area contributed by atoms with Crippen LogP contribution in [0.25, 0.3) is 0 Å². The molecule has 0 amide bonds. The summed E-state index contributed by atoms with van der Waals surface area (Å²) >= 11 is 0. The predicted octanol–water partition coefficient (Wildman–Crippen LogP) is 3.16. The van der Waals surface area contributed by atoms with Crippen LogP contribution in [0, 0.1) is 5.92 Å². The second kappa shape index (κ2) is 6.88. The van der Waals surface area contributed by atoms with Crippen molar-refractivity contribution in [1.82, 2.24) is 0 Å². The molecule has 1 unspecified atom stereocenters. The van der Waals surface area contributed by atoms with Crippen molar-refractivity contribution >= 4 is 15.8 Å². The first-order valence-corrected chi connectivity index (χ1v) is 8.56. The van der Waals surface area contributed by atoms with Gasteiger partial charge in [-0.15, -0.1) is 0 Å². The maximum absolute atomic E-state index is 12.5. The summed E-state index contributed by atoms with van der Waals surface area (Å²) in [5, 5.41) is 9.01. The van der Waals surface area contributed by atoms with E-state index in [2.05, 4.69) is 0 Å². The number of aryl methyl sites for hydroxylation is 1. The lowest BCUT2D eigenvalue weighted by Gasteiger charge is -2.14. The first kappa shape index (κ1) is 16.7. The molecule has 0 fully saturated rings. The Labute approximate surface area is 120 Å². The highest BCUT2D eigenvalue weighted by Gasteiger charge is 2.22. The number of sulfone groups is 1. The third kappa shape index (κ3) is 4.07. The van der Waals surface area contributed by atoms with E-state index in [0.717, 1.165) is 12.8 Å². The lowest BCUT2D eigenvalue weighted by atomic mass is 10.1. The Morgan fingerprint density at radius 1 is 1.30 bits per heavy atom. The first-order valence-electron chi connectivity index (χ1n) is 6.90. The van der Waals surface area contributed by atoms with Crippen LogP contribution in [0.3, 0.4) is 0 Å². The minimum Gasteiger partial charge on any atom is -0.478 e. The molecule has 4 nitrogen and oxygen atoms in total. The monoisotopic (exact) mass is 298 g/mol. The van der Waals surface area contributed by atoms with E-state index in [-0.39, 0.29) is 22.1 Å². The standard InChI is InChI=1S/C15H22O4S/c1-4-6-11(3)10-20(18,19)14-9-13(15(16)17)8-7-12(14)5-2/h7-9,11H,4-6,10H2,1-3H3,(H,16,17). The molecule has 0 spiro atoms. The third-order valence-electron chi connectivity index (χ3n) is 3.32. The summed E-state index contributed by atoms with van der Waals surface area (Å²) in [6.45, 7) is 5.80. The van der Waals surface area contributed by atoms with Crippen LogP contribution < -0.4 is 0 Å². The molecule has 20 heavy (non-hydrogen) atoms. The molecule has 1 N–H and O–H groups in total. The summed E-state index contributed by atoms with van der Waals surface area (Å²) in [5.41, 5.74) is 0.697. The predicted molar refractivity (Wildman–Crippen MR) is 78.9 cm³/mol. The highest BCUT2D eigenvalue weighted by molar-refractivity contribution is 7.91. The smallest absolute Gasteiger partial charge is 0.335 e. The van der Waals surface area contributed by atoms with Gasteiger partial charge in [-0.05, 0) is 36.5 Å². The molecule has 0 heterocycles. The van der Waals surface area contributed by atoms with Crippen molar-refractivity contribution in [3.8, 4) is 0 Å². The van der Waals surface area contributed by atoms with Crippen LogP contribution in [0.2, 0.25) is 0 Å². The Bertz CT molecular complexity index is 576. The number of carboxylic acid groups (broad SMARTS) is 1. The van der Waals surface area contributed by atoms with Crippen LogP contribution >= 0.6 is 0 Å². The lowest BCUT2D eigenvalue weighted by molar-refractivity contribution is 0.0696. The third-order valence-corrected chi connectivity index (χ3v) is 5.37. The molecule has 1 aromatic rings. The van der Waals surface area contributed by atoms with E-state index in [0.29, 0.717) is 12.0 Å². The molecule has 1 aromatic carbocycles. The van der Waals surface area contributed by atoms with Gasteiger partial charge >= 0.3 is 5.97 Å². The SMILES string of the molecule is CCCC(C)CS(=O)(=O)c1cc(C(=O)O)ccc1CC. The summed E-state index contributed by atoms with van der Waals surface area (Å²) in [5.74, 6) is -0.967. The molecule has 5 heteroatoms. The van der Waals surface area contributed by atoms with E-state index in [9.17, 15) is 13.2 Å². The van der Waals surface area contributed by atoms with Crippen molar-refractivity contribution in [3.63, 3.8) is 0 Å². The lowest BCUT2D eigenvalue weighted by Crippen LogP contribution is -2.16. The molecular formula is C15H22O4S. The van der Waals surface area contributed by atoms with Gasteiger partial charge in [0.2, 0.25) is 0 Å². The largest absolute Gasteiger partial charge is 0.478 e. The number of hydrogen-bond donors (Lipinski definition) is 1. The van der Waals surface area contributed by atoms with Crippen LogP contribution in [0.5, 0.6) is 0 Å². The zero-order chi connectivity index (χ0) is 15.3. The Balaban J connectivity index is 3.21. The van der Waals surface area contributed by atoms with Crippen LogP contribution in [0.15, 0.2) is 23.1 Å². The maximum atomic E-state index is 12.5. The summed E-state index contributed by atoms with van der Waals surface area (Å²) in [4.78, 5) is 11.2. The first-order chi connectivity index (χ1) is 9.31. The minimum absolute atomic E-state index is 0.0175. The number of hydrogen-bond acceptors (Lipinski definition) is 3. The fourth-order valence-electron chi connectivity index (χ4n) is 2.31. The van der Waals surface area contributed by atoms with E-state index in [1.165, 1.54) is 12.1 Å². The summed E-state index contributed by atoms with van der Waals surface area (Å²) in [7, 11) is -3.44. The Morgan fingerprint density at radius 3 is 2.45 bits per heavy atom. The molecule has 0 aliphatic heterocycles. The number of rotatable bonds is 7. The van der Waals surface area contributed by atoms with Gasteiger partial charge in [-0.25, -0.2) is 13.2 Å². The topological polar surface area (TPSA) is 71.4 Å². The van der Waals surface area contributed by atoms with E-state index < -0.39 is 15.8 Å². The van der Waals surface area contributed by atoms with Crippen LogP contribution in [0.4, 0.5) is 0 Å². The molecule has 0 aromatic heterocycles. The summed E-state index contributed by atoms with van der Waals surface area (Å²) in [6.07, 6.45) is 2.35. The normalized spacial score (nSPS) is 13.2. The van der Waals surface area contributed by atoms with Crippen molar-refractivity contribution in [2.75, 3.05) is 5.75 Å². The molecule has 1 rings (SSSR count). The average molecular weight is 298 g/mol. The molecule has 0 aliphatic rings. The molecular weight excluding hydrogens is 276 g/mol. The fraction of sp³-hybridized carbons (Fsp3) is 0.533. The molecule has 0 saturated heterocycles. The fourth-order valence-corrected chi connectivity index (χ4v) is 4.32. The van der Waals surface area contributed by atoms with E-state index in [4.69, 9.17) is 5.11 Å². The van der Waals surface area contributed by atoms with E-state index in [1.54, 1.807) is 6.07 Å². The highest BCUT2D eigenvalue weighted by atomic mass is 32.2. The summed E-state index contributed by atoms with van der Waals surface area (Å²) < 4.78 is 25.0. The van der Waals surface area contributed by atoms with Crippen molar-refractivity contribution < 1.29 is 18.3 Å². The molecule has 0 aliphatic carbocycles. The average Bonchev–Trinajstić information content (AvgIpc) is 2.37. The number of carbonyl (C=O) groups is 1. The number of benzene rings is 1. The molecule has 0 saturated carbocycles. The van der Waals surface area contributed by atoms with E-state index in [1.807, 2.05) is 20.8 Å². The molecule has 112 valence electrons. The van der Waals surface area contributed by atoms with Crippen molar-refractivity contribution in [2.45, 2.75) is 44.9 Å². The van der Waals surface area contributed by atoms with E-state index >= 15 is 0 Å². The van der Waals surface area contributed by atoms with Crippen LogP contribution in [-0.4, -0.2) is 25.2 Å². The number of aromatic carboxylic acids is 1. The molecule has 1 atom stereocenters. The Kier molecular flexibility index (Phi) is 5.74. The second-order valence-electron chi connectivity index (χ2n) is 5.16. The quantitative estimate of drug-likeness (QED) is 0.839. The Hall–Kier alpha value is -1.36. The van der Waals surface area contributed by atoms with Gasteiger partial charge in [0, 0.05) is 0 Å². The van der Waals surface area contributed by atoms with Crippen molar-refractivity contribution in [2.24, 2.45) is 5.92 Å². The minimum atomic E-state index is -3.44. The van der Waals surface area contributed by atoms with Gasteiger partial charge < -0.3 is 5.11 Å². The van der Waals surface area contributed by atoms with Gasteiger partial charge in [0.25, 0.3) is 0 Å². The van der Waals surface area contributed by atoms with Crippen LogP contribution in [-0.2, 0) is 16.3 Å². The second-order valence-corrected chi connectivity index (χ2v) is 7.16. The van der Waals surface area contributed by atoms with Crippen LogP contribution in [0.1, 0.15) is 49.5 Å². The van der Waals surface area contributed by atoms with Gasteiger partial charge in [-0.2, -0.15) is 0 Å². The highest BCUT2D eigenvalue weighted by Crippen LogP contribution is 2.23. The maximum Gasteiger partial charge on any atom is 0.335 e. The van der Waals surface area contributed by atoms with Crippen molar-refractivity contribution in [3.05, 3.63) is 29.3 Å². The number of carboxylic acids is 1. The van der Waals surface area contributed by atoms with Gasteiger partial charge in [0.05, 0.1) is 16.2 Å². The molecule has 0 radical (unpaired) electrons. The zero-order valence-corrected chi connectivity index (χ0v) is 13.0. The zero-order valence-electron chi connectivity index (χ0n) is 12.2. The Morgan fingerprint density at radius 2 is 1.95 bits per heavy atom. The summed E-state index contributed by atoms with van der Waals surface area (Å²) in [6, 6.07) is 4.34. The van der Waals surface area contributed by atoms with Gasteiger partial charge in [0.15, 0.2) is 9.84 Å². The van der Waals surface area contributed by atoms with Gasteiger partial charge in [-0.3, -0.25) is 0 Å².